The van der Waals surface area contributed by atoms with E-state index in [1.54, 1.807) is 25.1 Å². The first-order chi connectivity index (χ1) is 18.8. The van der Waals surface area contributed by atoms with Crippen molar-refractivity contribution < 1.29 is 14.3 Å². The van der Waals surface area contributed by atoms with E-state index in [2.05, 4.69) is 52.9 Å². The molecule has 1 amide bonds. The number of benzene rings is 2. The van der Waals surface area contributed by atoms with Gasteiger partial charge in [-0.25, -0.2) is 4.98 Å². The molecule has 1 aromatic heterocycles. The number of dihydropyridines is 1. The first kappa shape index (κ1) is 26.8. The largest absolute Gasteiger partial charge is 0.496 e. The molecular weight excluding hydrogens is 506 g/mol. The van der Waals surface area contributed by atoms with E-state index in [1.165, 1.54) is 10.5 Å². The fourth-order valence-electron chi connectivity index (χ4n) is 5.29. The minimum Gasteiger partial charge on any atom is -0.496 e. The van der Waals surface area contributed by atoms with E-state index < -0.39 is 5.92 Å². The van der Waals surface area contributed by atoms with Crippen molar-refractivity contribution in [2.45, 2.75) is 56.6 Å². The van der Waals surface area contributed by atoms with Gasteiger partial charge >= 0.3 is 0 Å². The van der Waals surface area contributed by atoms with Gasteiger partial charge < -0.3 is 15.4 Å². The monoisotopic (exact) mass is 539 g/mol. The Morgan fingerprint density at radius 2 is 1.85 bits per heavy atom. The molecule has 0 unspecified atom stereocenters. The number of ether oxygens (including phenoxy) is 1. The van der Waals surface area contributed by atoms with Crippen LogP contribution in [0.4, 0.5) is 5.82 Å². The third-order valence-electron chi connectivity index (χ3n) is 7.23. The molecule has 0 spiro atoms. The number of rotatable bonds is 7. The van der Waals surface area contributed by atoms with E-state index in [9.17, 15) is 9.59 Å². The van der Waals surface area contributed by atoms with Crippen LogP contribution in [-0.2, 0) is 15.3 Å². The molecule has 1 atom stereocenters. The van der Waals surface area contributed by atoms with Crippen LogP contribution in [-0.4, -0.2) is 23.8 Å². The minimum atomic E-state index is -0.479. The molecule has 2 aromatic carbocycles. The number of amides is 1. The molecule has 1 aliphatic carbocycles. The normalized spacial score (nSPS) is 17.0. The fraction of sp³-hybridized carbons (Fsp3) is 0.281. The predicted molar refractivity (Wildman–Crippen MR) is 156 cm³/mol. The van der Waals surface area contributed by atoms with Crippen LogP contribution in [0.5, 0.6) is 5.75 Å². The Balaban J connectivity index is 1.54. The predicted octanol–water partition coefficient (Wildman–Crippen LogP) is 6.61. The lowest BCUT2D eigenvalue weighted by Crippen LogP contribution is -2.35. The highest BCUT2D eigenvalue weighted by Gasteiger charge is 2.38. The molecule has 5 rings (SSSR count). The highest BCUT2D eigenvalue weighted by atomic mass is 32.2. The molecule has 1 aliphatic heterocycles. The van der Waals surface area contributed by atoms with Crippen LogP contribution < -0.4 is 15.4 Å². The number of ketones is 1. The van der Waals surface area contributed by atoms with E-state index in [0.29, 0.717) is 29.1 Å². The number of carbonyl (C=O) groups is 2. The average Bonchev–Trinajstić information content (AvgIpc) is 2.92. The molecular formula is C32H33N3O3S. The van der Waals surface area contributed by atoms with Crippen LogP contribution in [0.1, 0.15) is 54.4 Å². The van der Waals surface area contributed by atoms with Gasteiger partial charge in [0.1, 0.15) is 11.6 Å². The summed E-state index contributed by atoms with van der Waals surface area (Å²) in [5.41, 5.74) is 7.05. The zero-order chi connectivity index (χ0) is 27.5. The van der Waals surface area contributed by atoms with Crippen molar-refractivity contribution >= 4 is 29.3 Å². The molecule has 6 nitrogen and oxygen atoms in total. The van der Waals surface area contributed by atoms with Gasteiger partial charge in [-0.05, 0) is 75.1 Å². The summed E-state index contributed by atoms with van der Waals surface area (Å²) in [5, 5.41) is 6.36. The highest BCUT2D eigenvalue weighted by molar-refractivity contribution is 7.98. The maximum Gasteiger partial charge on any atom is 0.255 e. The number of aryl methyl sites for hydroxylation is 2. The van der Waals surface area contributed by atoms with Gasteiger partial charge in [0, 0.05) is 57.3 Å². The molecule has 0 fully saturated rings. The van der Waals surface area contributed by atoms with Gasteiger partial charge in [0.2, 0.25) is 0 Å². The van der Waals surface area contributed by atoms with E-state index >= 15 is 0 Å². The average molecular weight is 540 g/mol. The zero-order valence-electron chi connectivity index (χ0n) is 22.8. The maximum absolute atomic E-state index is 13.8. The van der Waals surface area contributed by atoms with Crippen LogP contribution in [0, 0.1) is 13.8 Å². The van der Waals surface area contributed by atoms with Crippen molar-refractivity contribution in [2.24, 2.45) is 0 Å². The Labute approximate surface area is 234 Å². The van der Waals surface area contributed by atoms with E-state index in [-0.39, 0.29) is 11.7 Å². The van der Waals surface area contributed by atoms with Gasteiger partial charge in [0.15, 0.2) is 5.78 Å². The summed E-state index contributed by atoms with van der Waals surface area (Å²) < 4.78 is 5.70. The Bertz CT molecular complexity index is 1490. The number of nitrogens with zero attached hydrogens (tertiary/aromatic N) is 1. The molecule has 200 valence electrons. The first-order valence-corrected chi connectivity index (χ1v) is 14.2. The molecule has 0 saturated heterocycles. The molecule has 0 bridgehead atoms. The van der Waals surface area contributed by atoms with E-state index in [1.807, 2.05) is 38.1 Å². The second kappa shape index (κ2) is 11.5. The van der Waals surface area contributed by atoms with Gasteiger partial charge in [-0.15, -0.1) is 11.8 Å². The number of hydrogen-bond donors (Lipinski definition) is 2. The lowest BCUT2D eigenvalue weighted by molar-refractivity contribution is -0.116. The first-order valence-electron chi connectivity index (χ1n) is 13.2. The Hall–Kier alpha value is -3.84. The number of nitrogens with one attached hydrogen (secondary N) is 2. The van der Waals surface area contributed by atoms with Gasteiger partial charge in [0.25, 0.3) is 5.91 Å². The number of carbonyl (C=O) groups excluding carboxylic acids is 2. The van der Waals surface area contributed by atoms with Crippen molar-refractivity contribution in [3.05, 3.63) is 106 Å². The van der Waals surface area contributed by atoms with Crippen LogP contribution >= 0.6 is 11.8 Å². The standard InChI is InChI=1S/C32H33N3O3S/c1-19-8-11-24(12-9-19)39-18-23-17-22(10-13-27(23)38-4)30-29(32(37)35-28-16-20(2)14-15-33-28)21(3)34-25-6-5-7-26(36)31(25)30/h8-17,30,34H,5-7,18H2,1-4H3,(H,33,35,37)/t30-/m0/s1. The molecule has 2 aliphatic rings. The van der Waals surface area contributed by atoms with Gasteiger partial charge in [-0.2, -0.15) is 0 Å². The molecule has 7 heteroatoms. The Morgan fingerprint density at radius 1 is 1.05 bits per heavy atom. The summed E-state index contributed by atoms with van der Waals surface area (Å²) in [7, 11) is 1.67. The van der Waals surface area contributed by atoms with Crippen molar-refractivity contribution in [3.8, 4) is 5.75 Å². The highest BCUT2D eigenvalue weighted by Crippen LogP contribution is 2.44. The van der Waals surface area contributed by atoms with Gasteiger partial charge in [-0.1, -0.05) is 29.8 Å². The summed E-state index contributed by atoms with van der Waals surface area (Å²) in [5.74, 6) is 1.31. The van der Waals surface area contributed by atoms with Crippen LogP contribution in [0.2, 0.25) is 0 Å². The quantitative estimate of drug-likeness (QED) is 0.329. The Kier molecular flexibility index (Phi) is 7.89. The number of methoxy groups -OCH3 is 1. The number of pyridine rings is 1. The number of aromatic nitrogens is 1. The molecule has 0 saturated carbocycles. The summed E-state index contributed by atoms with van der Waals surface area (Å²) in [4.78, 5) is 32.6. The smallest absolute Gasteiger partial charge is 0.255 e. The molecule has 39 heavy (non-hydrogen) atoms. The van der Waals surface area contributed by atoms with Crippen molar-refractivity contribution in [2.75, 3.05) is 12.4 Å². The van der Waals surface area contributed by atoms with Gasteiger partial charge in [0.05, 0.1) is 7.11 Å². The number of anilines is 1. The second-order valence-corrected chi connectivity index (χ2v) is 11.2. The number of thioether (sulfide) groups is 1. The summed E-state index contributed by atoms with van der Waals surface area (Å²) >= 11 is 1.73. The van der Waals surface area contributed by atoms with E-state index in [4.69, 9.17) is 4.74 Å². The molecule has 0 radical (unpaired) electrons. The fourth-order valence-corrected chi connectivity index (χ4v) is 6.17. The number of hydrogen-bond acceptors (Lipinski definition) is 6. The van der Waals surface area contributed by atoms with Crippen molar-refractivity contribution in [1.29, 1.82) is 0 Å². The zero-order valence-corrected chi connectivity index (χ0v) is 23.6. The van der Waals surface area contributed by atoms with Crippen LogP contribution in [0.15, 0.2) is 88.2 Å². The molecule has 2 N–H and O–H groups in total. The van der Waals surface area contributed by atoms with E-state index in [0.717, 1.165) is 46.7 Å². The Morgan fingerprint density at radius 3 is 2.59 bits per heavy atom. The van der Waals surface area contributed by atoms with Gasteiger partial charge in [-0.3, -0.25) is 9.59 Å². The molecule has 3 aromatic rings. The van der Waals surface area contributed by atoms with Crippen LogP contribution in [0.25, 0.3) is 0 Å². The summed E-state index contributed by atoms with van der Waals surface area (Å²) in [6, 6.07) is 18.2. The maximum atomic E-state index is 13.8. The number of allylic oxidation sites excluding steroid dienone is 3. The summed E-state index contributed by atoms with van der Waals surface area (Å²) in [6.45, 7) is 5.94. The summed E-state index contributed by atoms with van der Waals surface area (Å²) in [6.07, 6.45) is 3.75. The third-order valence-corrected chi connectivity index (χ3v) is 8.29. The topological polar surface area (TPSA) is 80.3 Å². The third kappa shape index (κ3) is 5.78. The van der Waals surface area contributed by atoms with Crippen molar-refractivity contribution in [3.63, 3.8) is 0 Å². The van der Waals surface area contributed by atoms with Crippen molar-refractivity contribution in [1.82, 2.24) is 10.3 Å². The minimum absolute atomic E-state index is 0.0895. The number of Topliss-reactive ketones (excluding diaryl/α,β-unsaturated/α-hetero) is 1. The van der Waals surface area contributed by atoms with Crippen LogP contribution in [0.3, 0.4) is 0 Å². The molecule has 2 heterocycles. The second-order valence-electron chi connectivity index (χ2n) is 10.1. The lowest BCUT2D eigenvalue weighted by atomic mass is 9.74. The SMILES string of the molecule is COc1ccc([C@H]2C(C(=O)Nc3cc(C)ccn3)=C(C)NC3=C2C(=O)CCC3)cc1CSc1ccc(C)cc1. The lowest BCUT2D eigenvalue weighted by Gasteiger charge is -2.34.